The lowest BCUT2D eigenvalue weighted by molar-refractivity contribution is -0.137. The molecule has 0 aliphatic heterocycles. The summed E-state index contributed by atoms with van der Waals surface area (Å²) in [6.45, 7) is 4.78. The number of halogens is 3. The lowest BCUT2D eigenvalue weighted by Gasteiger charge is -2.23. The van der Waals surface area contributed by atoms with E-state index in [0.717, 1.165) is 0 Å². The smallest absolute Gasteiger partial charge is 0.408 e. The van der Waals surface area contributed by atoms with E-state index in [1.807, 2.05) is 0 Å². The van der Waals surface area contributed by atoms with Crippen LogP contribution >= 0.6 is 0 Å². The first-order chi connectivity index (χ1) is 9.99. The molecule has 1 aromatic rings. The summed E-state index contributed by atoms with van der Waals surface area (Å²) in [5, 5.41) is 11.0. The number of amides is 1. The molecule has 0 aliphatic rings. The summed E-state index contributed by atoms with van der Waals surface area (Å²) in [7, 11) is 0. The number of alkyl carbamates (subject to hydrolysis) is 1. The molecule has 1 rings (SSSR count). The van der Waals surface area contributed by atoms with Crippen molar-refractivity contribution in [3.05, 3.63) is 35.1 Å². The average Bonchev–Trinajstić information content (AvgIpc) is 2.31. The quantitative estimate of drug-likeness (QED) is 0.836. The topological polar surface area (TPSA) is 75.6 Å². The Morgan fingerprint density at radius 1 is 1.23 bits per heavy atom. The van der Waals surface area contributed by atoms with Gasteiger partial charge < -0.3 is 15.2 Å². The number of carbonyl (C=O) groups excluding carboxylic acids is 1. The predicted octanol–water partition coefficient (Wildman–Crippen LogP) is 3.14. The molecule has 0 bridgehead atoms. The van der Waals surface area contributed by atoms with Crippen LogP contribution in [0.4, 0.5) is 18.0 Å². The summed E-state index contributed by atoms with van der Waals surface area (Å²) in [6, 6.07) is -0.00999. The van der Waals surface area contributed by atoms with Crippen molar-refractivity contribution in [2.75, 3.05) is 0 Å². The van der Waals surface area contributed by atoms with Gasteiger partial charge >= 0.3 is 12.1 Å². The van der Waals surface area contributed by atoms with Crippen LogP contribution in [0.5, 0.6) is 0 Å². The van der Waals surface area contributed by atoms with Gasteiger partial charge in [0.25, 0.3) is 0 Å². The van der Waals surface area contributed by atoms with Gasteiger partial charge in [0.05, 0.1) is 12.5 Å². The highest BCUT2D eigenvalue weighted by Gasteiger charge is 2.24. The maximum atomic E-state index is 13.2. The normalized spacial score (nSPS) is 12.6. The third-order valence-corrected chi connectivity index (χ3v) is 2.48. The van der Waals surface area contributed by atoms with Gasteiger partial charge in [-0.25, -0.2) is 18.0 Å². The molecule has 1 aromatic carbocycles. The van der Waals surface area contributed by atoms with Crippen LogP contribution in [-0.2, 0) is 9.53 Å². The molecule has 0 spiro atoms. The molecule has 0 saturated heterocycles. The SMILES string of the molecule is CC(C)(C)OC(=O)N[C@@H](CC(=O)O)c1cc(F)c(F)c(F)c1. The summed E-state index contributed by atoms with van der Waals surface area (Å²) >= 11 is 0. The van der Waals surface area contributed by atoms with Crippen molar-refractivity contribution in [1.29, 1.82) is 0 Å². The molecule has 5 nitrogen and oxygen atoms in total. The second-order valence-electron chi connectivity index (χ2n) is 5.60. The standard InChI is InChI=1S/C14H16F3NO4/c1-14(2,3)22-13(21)18-10(6-11(19)20)7-4-8(15)12(17)9(16)5-7/h4-5,10H,6H2,1-3H3,(H,18,21)(H,19,20)/t10-/m0/s1. The first-order valence-electron chi connectivity index (χ1n) is 6.35. The molecule has 0 radical (unpaired) electrons. The van der Waals surface area contributed by atoms with Crippen LogP contribution in [0.25, 0.3) is 0 Å². The van der Waals surface area contributed by atoms with Crippen molar-refractivity contribution < 1.29 is 32.6 Å². The number of aliphatic carboxylic acids is 1. The van der Waals surface area contributed by atoms with Gasteiger partial charge in [-0.1, -0.05) is 0 Å². The lowest BCUT2D eigenvalue weighted by atomic mass is 10.0. The van der Waals surface area contributed by atoms with Gasteiger partial charge in [-0.15, -0.1) is 0 Å². The molecule has 122 valence electrons. The highest BCUT2D eigenvalue weighted by Crippen LogP contribution is 2.22. The maximum Gasteiger partial charge on any atom is 0.408 e. The molecule has 1 atom stereocenters. The van der Waals surface area contributed by atoms with E-state index >= 15 is 0 Å². The first kappa shape index (κ1) is 17.8. The van der Waals surface area contributed by atoms with Crippen molar-refractivity contribution >= 4 is 12.1 Å². The second-order valence-corrected chi connectivity index (χ2v) is 5.60. The Kier molecular flexibility index (Phi) is 5.40. The Bertz CT molecular complexity index is 561. The van der Waals surface area contributed by atoms with E-state index in [1.54, 1.807) is 20.8 Å². The molecular weight excluding hydrogens is 303 g/mol. The summed E-state index contributed by atoms with van der Waals surface area (Å²) in [6.07, 6.45) is -1.60. The molecule has 0 aromatic heterocycles. The Morgan fingerprint density at radius 3 is 2.14 bits per heavy atom. The molecule has 22 heavy (non-hydrogen) atoms. The molecule has 0 unspecified atom stereocenters. The van der Waals surface area contributed by atoms with Crippen LogP contribution in [-0.4, -0.2) is 22.8 Å². The van der Waals surface area contributed by atoms with Crippen molar-refractivity contribution in [2.45, 2.75) is 38.8 Å². The average molecular weight is 319 g/mol. The fourth-order valence-corrected chi connectivity index (χ4v) is 1.65. The Balaban J connectivity index is 3.03. The second kappa shape index (κ2) is 6.67. The fourth-order valence-electron chi connectivity index (χ4n) is 1.65. The van der Waals surface area contributed by atoms with Gasteiger partial charge in [-0.05, 0) is 38.5 Å². The number of rotatable bonds is 4. The predicted molar refractivity (Wildman–Crippen MR) is 70.7 cm³/mol. The third kappa shape index (κ3) is 5.27. The zero-order valence-electron chi connectivity index (χ0n) is 12.2. The highest BCUT2D eigenvalue weighted by atomic mass is 19.2. The zero-order chi connectivity index (χ0) is 17.1. The minimum absolute atomic E-state index is 0.218. The number of benzene rings is 1. The monoisotopic (exact) mass is 319 g/mol. The Labute approximate surface area is 125 Å². The Morgan fingerprint density at radius 2 is 1.73 bits per heavy atom. The highest BCUT2D eigenvalue weighted by molar-refractivity contribution is 5.72. The van der Waals surface area contributed by atoms with Crippen LogP contribution in [0, 0.1) is 17.5 Å². The van der Waals surface area contributed by atoms with Crippen LogP contribution in [0.1, 0.15) is 38.8 Å². The first-order valence-corrected chi connectivity index (χ1v) is 6.35. The molecule has 0 saturated carbocycles. The number of ether oxygens (including phenoxy) is 1. The number of nitrogens with one attached hydrogen (secondary N) is 1. The van der Waals surface area contributed by atoms with E-state index in [-0.39, 0.29) is 5.56 Å². The van der Waals surface area contributed by atoms with Gasteiger partial charge in [-0.3, -0.25) is 4.79 Å². The molecule has 2 N–H and O–H groups in total. The van der Waals surface area contributed by atoms with Crippen molar-refractivity contribution in [3.63, 3.8) is 0 Å². The van der Waals surface area contributed by atoms with Crippen LogP contribution < -0.4 is 5.32 Å². The van der Waals surface area contributed by atoms with E-state index in [4.69, 9.17) is 9.84 Å². The molecular formula is C14H16F3NO4. The third-order valence-electron chi connectivity index (χ3n) is 2.48. The van der Waals surface area contributed by atoms with Crippen molar-refractivity contribution in [1.82, 2.24) is 5.32 Å². The number of carboxylic acids is 1. The minimum atomic E-state index is -1.67. The number of carboxylic acid groups (broad SMARTS) is 1. The Hall–Kier alpha value is -2.25. The maximum absolute atomic E-state index is 13.2. The van der Waals surface area contributed by atoms with Crippen LogP contribution in [0.2, 0.25) is 0 Å². The van der Waals surface area contributed by atoms with Gasteiger partial charge in [0, 0.05) is 0 Å². The van der Waals surface area contributed by atoms with E-state index < -0.39 is 47.6 Å². The van der Waals surface area contributed by atoms with E-state index in [1.165, 1.54) is 0 Å². The number of hydrogen-bond acceptors (Lipinski definition) is 3. The summed E-state index contributed by atoms with van der Waals surface area (Å²) in [4.78, 5) is 22.5. The fraction of sp³-hybridized carbons (Fsp3) is 0.429. The number of hydrogen-bond donors (Lipinski definition) is 2. The van der Waals surface area contributed by atoms with E-state index in [0.29, 0.717) is 12.1 Å². The molecule has 0 heterocycles. The van der Waals surface area contributed by atoms with E-state index in [9.17, 15) is 22.8 Å². The van der Waals surface area contributed by atoms with Gasteiger partial charge in [0.15, 0.2) is 17.5 Å². The molecule has 0 aliphatic carbocycles. The van der Waals surface area contributed by atoms with Gasteiger partial charge in [0.1, 0.15) is 5.60 Å². The largest absolute Gasteiger partial charge is 0.481 e. The lowest BCUT2D eigenvalue weighted by Crippen LogP contribution is -2.36. The molecule has 0 fully saturated rings. The number of carbonyl (C=O) groups is 2. The van der Waals surface area contributed by atoms with Crippen molar-refractivity contribution in [2.24, 2.45) is 0 Å². The van der Waals surface area contributed by atoms with E-state index in [2.05, 4.69) is 5.32 Å². The minimum Gasteiger partial charge on any atom is -0.481 e. The van der Waals surface area contributed by atoms with Gasteiger partial charge in [0.2, 0.25) is 0 Å². The summed E-state index contributed by atoms with van der Waals surface area (Å²) in [5.74, 6) is -5.94. The zero-order valence-corrected chi connectivity index (χ0v) is 12.2. The van der Waals surface area contributed by atoms with Crippen molar-refractivity contribution in [3.8, 4) is 0 Å². The van der Waals surface area contributed by atoms with Gasteiger partial charge in [-0.2, -0.15) is 0 Å². The van der Waals surface area contributed by atoms with Crippen LogP contribution in [0.3, 0.4) is 0 Å². The summed E-state index contributed by atoms with van der Waals surface area (Å²) < 4.78 is 44.4. The molecule has 8 heteroatoms. The molecule has 1 amide bonds. The van der Waals surface area contributed by atoms with Crippen LogP contribution in [0.15, 0.2) is 12.1 Å². The summed E-state index contributed by atoms with van der Waals surface area (Å²) in [5.41, 5.74) is -1.05.